The number of rotatable bonds is 3. The maximum Gasteiger partial charge on any atom is 0.341 e. The Hall–Kier alpha value is -2.36. The normalized spacial score (nSPS) is 61.1. The van der Waals surface area contributed by atoms with Crippen LogP contribution in [0.5, 0.6) is 0 Å². The first-order valence-electron chi connectivity index (χ1n) is 17.1. The van der Waals surface area contributed by atoms with E-state index in [1.807, 2.05) is 20.8 Å². The average Bonchev–Trinajstić information content (AvgIpc) is 3.88. The van der Waals surface area contributed by atoms with Crippen LogP contribution in [0.4, 0.5) is 0 Å². The number of esters is 4. The van der Waals surface area contributed by atoms with E-state index in [0.717, 1.165) is 0 Å². The number of carbonyl (C=O) groups is 4. The van der Waals surface area contributed by atoms with Crippen LogP contribution in [0.15, 0.2) is 0 Å². The van der Waals surface area contributed by atoms with Crippen molar-refractivity contribution < 1.29 is 62.9 Å². The summed E-state index contributed by atoms with van der Waals surface area (Å²) in [5.74, 6) is -9.03. The van der Waals surface area contributed by atoms with Crippen LogP contribution >= 0.6 is 0 Å². The molecular weight excluding hydrogens is 630 g/mol. The molecule has 0 aromatic heterocycles. The highest BCUT2D eigenvalue weighted by Gasteiger charge is 2.93. The molecule has 8 fully saturated rings. The number of hydrogen-bond acceptors (Lipinski definition) is 14. The second-order valence-electron chi connectivity index (χ2n) is 16.8. The third-order valence-electron chi connectivity index (χ3n) is 15.1. The van der Waals surface area contributed by atoms with Gasteiger partial charge in [0.15, 0.2) is 5.60 Å². The standard InChI is InChI=1S/C34H47NO13/c1-10-17-20(32(7)33(8,42)29(41)48-34(32)28(10)47-34)24(44-12(3)37)18-16-19(25(45-13(4)38)27(40)31(17,18)6)30(5)14(9-15-22(46-15)26(30)39)21(35)23(16)43-11(2)36/h10,14-28,39-40,42H,9,35H2,1-8H3/t10-,14+,15-,16?,17-,18+,19?,20-,21+,22-,23+,24+,25-,26-,27-,28+,30-,31+,32-,33+,34-/m0/s1. The number of aliphatic hydroxyl groups is 3. The van der Waals surface area contributed by atoms with Gasteiger partial charge in [-0.3, -0.25) is 14.4 Å². The zero-order chi connectivity index (χ0) is 35.0. The Bertz CT molecular complexity index is 1500. The number of carbonyl (C=O) groups excluding carboxylic acids is 4. The fourth-order valence-corrected chi connectivity index (χ4v) is 13.1. The molecule has 0 aromatic carbocycles. The van der Waals surface area contributed by atoms with Gasteiger partial charge in [0.05, 0.1) is 23.7 Å². The predicted molar refractivity (Wildman–Crippen MR) is 159 cm³/mol. The lowest BCUT2D eigenvalue weighted by atomic mass is 9.40. The van der Waals surface area contributed by atoms with E-state index in [2.05, 4.69) is 0 Å². The summed E-state index contributed by atoms with van der Waals surface area (Å²) in [5, 5.41) is 36.8. The van der Waals surface area contributed by atoms with Crippen molar-refractivity contribution >= 4 is 23.9 Å². The molecule has 3 aliphatic heterocycles. The molecule has 266 valence electrons. The molecule has 0 aromatic rings. The highest BCUT2D eigenvalue weighted by molar-refractivity contribution is 5.84. The van der Waals surface area contributed by atoms with Crippen LogP contribution in [0, 0.1) is 57.7 Å². The van der Waals surface area contributed by atoms with Crippen molar-refractivity contribution in [2.75, 3.05) is 0 Å². The van der Waals surface area contributed by atoms with Gasteiger partial charge < -0.3 is 49.5 Å². The Balaban J connectivity index is 1.40. The Labute approximate surface area is 278 Å². The Morgan fingerprint density at radius 3 is 2.00 bits per heavy atom. The van der Waals surface area contributed by atoms with E-state index in [1.54, 1.807) is 6.92 Å². The Morgan fingerprint density at radius 2 is 1.40 bits per heavy atom. The highest BCUT2D eigenvalue weighted by Crippen LogP contribution is 2.81. The van der Waals surface area contributed by atoms with Gasteiger partial charge in [-0.1, -0.05) is 20.8 Å². The zero-order valence-corrected chi connectivity index (χ0v) is 28.4. The highest BCUT2D eigenvalue weighted by atomic mass is 16.8. The number of fused-ring (bicyclic) bond motifs is 9. The number of hydrogen-bond donors (Lipinski definition) is 4. The molecule has 48 heavy (non-hydrogen) atoms. The van der Waals surface area contributed by atoms with Gasteiger partial charge in [-0.25, -0.2) is 4.79 Å². The van der Waals surface area contributed by atoms with Crippen LogP contribution in [0.3, 0.4) is 0 Å². The van der Waals surface area contributed by atoms with Gasteiger partial charge in [0, 0.05) is 61.3 Å². The van der Waals surface area contributed by atoms with Crippen LogP contribution in [0.25, 0.3) is 0 Å². The first kappa shape index (κ1) is 32.8. The lowest BCUT2D eigenvalue weighted by molar-refractivity contribution is -0.282. The van der Waals surface area contributed by atoms with Crippen LogP contribution in [-0.2, 0) is 47.6 Å². The third kappa shape index (κ3) is 3.45. The minimum Gasteiger partial charge on any atom is -0.462 e. The maximum atomic E-state index is 13.4. The maximum absolute atomic E-state index is 13.4. The van der Waals surface area contributed by atoms with Crippen LogP contribution < -0.4 is 5.73 Å². The summed E-state index contributed by atoms with van der Waals surface area (Å²) in [6.45, 7) is 12.5. The molecular formula is C34H47NO13. The summed E-state index contributed by atoms with van der Waals surface area (Å²) in [5.41, 5.74) is 1.19. The molecule has 0 radical (unpaired) electrons. The molecule has 5 saturated carbocycles. The number of nitrogens with two attached hydrogens (primary N) is 1. The van der Waals surface area contributed by atoms with Crippen molar-refractivity contribution in [1.82, 2.24) is 0 Å². The SMILES string of the molecule is CC(=O)O[C@H]1[C@@H]2[C@H]([C@H](C)[C@H]3O[C@]34OC(=O)[C@@](C)(O)[C@]24C)[C@]2(C)[C@@H]1C1C([C@H](OC(C)=O)[C@@H]2O)[C@]2(C)[C@H](C[C@@H]3O[C@@H]3[C@@H]2O)[C@@H](N)[C@@H]1OC(C)=O. The summed E-state index contributed by atoms with van der Waals surface area (Å²) >= 11 is 0. The van der Waals surface area contributed by atoms with E-state index in [0.29, 0.717) is 6.42 Å². The largest absolute Gasteiger partial charge is 0.462 e. The van der Waals surface area contributed by atoms with Crippen molar-refractivity contribution in [1.29, 1.82) is 0 Å². The smallest absolute Gasteiger partial charge is 0.341 e. The first-order valence-corrected chi connectivity index (χ1v) is 17.1. The van der Waals surface area contributed by atoms with Crippen molar-refractivity contribution in [3.8, 4) is 0 Å². The van der Waals surface area contributed by atoms with E-state index in [4.69, 9.17) is 34.2 Å². The average molecular weight is 678 g/mol. The number of ether oxygens (including phenoxy) is 6. The quantitative estimate of drug-likeness (QED) is 0.173. The molecule has 0 amide bonds. The fraction of sp³-hybridized carbons (Fsp3) is 0.882. The molecule has 5 N–H and O–H groups in total. The molecule has 2 unspecified atom stereocenters. The van der Waals surface area contributed by atoms with Gasteiger partial charge in [0.2, 0.25) is 5.79 Å². The predicted octanol–water partition coefficient (Wildman–Crippen LogP) is -0.189. The van der Waals surface area contributed by atoms with Gasteiger partial charge in [0.25, 0.3) is 0 Å². The second kappa shape index (κ2) is 9.49. The lowest BCUT2D eigenvalue weighted by Gasteiger charge is -2.67. The van der Waals surface area contributed by atoms with E-state index in [1.165, 1.54) is 27.7 Å². The summed E-state index contributed by atoms with van der Waals surface area (Å²) < 4.78 is 36.5. The van der Waals surface area contributed by atoms with Gasteiger partial charge in [-0.05, 0) is 38.0 Å². The topological polar surface area (TPSA) is 217 Å². The number of aliphatic hydroxyl groups excluding tert-OH is 2. The van der Waals surface area contributed by atoms with Gasteiger partial charge in [-0.2, -0.15) is 0 Å². The molecule has 5 aliphatic carbocycles. The molecule has 3 heterocycles. The van der Waals surface area contributed by atoms with Gasteiger partial charge >= 0.3 is 23.9 Å². The van der Waals surface area contributed by atoms with Crippen molar-refractivity contribution in [3.63, 3.8) is 0 Å². The lowest BCUT2D eigenvalue weighted by Crippen LogP contribution is -2.76. The number of epoxide rings is 2. The summed E-state index contributed by atoms with van der Waals surface area (Å²) in [6.07, 6.45) is -6.65. The second-order valence-corrected chi connectivity index (χ2v) is 16.8. The van der Waals surface area contributed by atoms with Crippen molar-refractivity contribution in [2.45, 2.75) is 128 Å². The third-order valence-corrected chi connectivity index (χ3v) is 15.1. The molecule has 8 rings (SSSR count). The van der Waals surface area contributed by atoms with Crippen molar-refractivity contribution in [3.05, 3.63) is 0 Å². The molecule has 14 nitrogen and oxygen atoms in total. The minimum absolute atomic E-state index is 0.237. The van der Waals surface area contributed by atoms with Crippen LogP contribution in [-0.4, -0.2) is 105 Å². The van der Waals surface area contributed by atoms with Crippen LogP contribution in [0.1, 0.15) is 61.8 Å². The molecule has 8 aliphatic rings. The Morgan fingerprint density at radius 1 is 0.833 bits per heavy atom. The minimum atomic E-state index is -2.08. The molecule has 21 atom stereocenters. The monoisotopic (exact) mass is 677 g/mol. The van der Waals surface area contributed by atoms with Gasteiger partial charge in [0.1, 0.15) is 30.5 Å². The van der Waals surface area contributed by atoms with Gasteiger partial charge in [-0.15, -0.1) is 0 Å². The summed E-state index contributed by atoms with van der Waals surface area (Å²) in [6, 6.07) is -0.811. The summed E-state index contributed by atoms with van der Waals surface area (Å²) in [4.78, 5) is 52.3. The molecule has 1 spiro atoms. The van der Waals surface area contributed by atoms with E-state index in [-0.39, 0.29) is 6.10 Å². The van der Waals surface area contributed by atoms with Crippen molar-refractivity contribution in [2.24, 2.45) is 63.4 Å². The van der Waals surface area contributed by atoms with Crippen LogP contribution in [0.2, 0.25) is 0 Å². The first-order chi connectivity index (χ1) is 22.2. The van der Waals surface area contributed by atoms with E-state index < -0.39 is 142 Å². The zero-order valence-electron chi connectivity index (χ0n) is 28.4. The molecule has 0 bridgehead atoms. The van der Waals surface area contributed by atoms with E-state index in [9.17, 15) is 34.5 Å². The molecule has 3 saturated heterocycles. The fourth-order valence-electron chi connectivity index (χ4n) is 13.1. The summed E-state index contributed by atoms with van der Waals surface area (Å²) in [7, 11) is 0. The Kier molecular flexibility index (Phi) is 6.49. The van der Waals surface area contributed by atoms with E-state index >= 15 is 0 Å². The molecule has 14 heteroatoms.